The lowest BCUT2D eigenvalue weighted by Gasteiger charge is -2.29. The Morgan fingerprint density at radius 3 is 2.45 bits per heavy atom. The molecule has 7 heteroatoms. The molecule has 7 nitrogen and oxygen atoms in total. The smallest absolute Gasteiger partial charge is 0.336 e. The number of methoxy groups -OCH3 is 1. The molecule has 33 heavy (non-hydrogen) atoms. The summed E-state index contributed by atoms with van der Waals surface area (Å²) in [6, 6.07) is 10.4. The number of fused-ring (bicyclic) bond motifs is 3. The van der Waals surface area contributed by atoms with Gasteiger partial charge < -0.3 is 24.1 Å². The Morgan fingerprint density at radius 1 is 1.21 bits per heavy atom. The van der Waals surface area contributed by atoms with E-state index in [1.807, 2.05) is 32.0 Å². The molecule has 2 N–H and O–H groups in total. The number of phenols is 1. The molecule has 0 bridgehead atoms. The van der Waals surface area contributed by atoms with Gasteiger partial charge in [0.1, 0.15) is 23.2 Å². The molecular weight excluding hydrogens is 424 g/mol. The summed E-state index contributed by atoms with van der Waals surface area (Å²) in [5.41, 5.74) is -0.441. The second kappa shape index (κ2) is 8.32. The molecule has 0 fully saturated rings. The highest BCUT2D eigenvalue weighted by molar-refractivity contribution is 6.11. The van der Waals surface area contributed by atoms with Gasteiger partial charge in [-0.25, -0.2) is 4.79 Å². The Labute approximate surface area is 191 Å². The first-order valence-electron chi connectivity index (χ1n) is 10.9. The van der Waals surface area contributed by atoms with Crippen LogP contribution in [0.4, 0.5) is 0 Å². The maximum atomic E-state index is 13.3. The fraction of sp³-hybridized carbons (Fsp3) is 0.385. The Morgan fingerprint density at radius 2 is 1.88 bits per heavy atom. The molecule has 2 unspecified atom stereocenters. The average Bonchev–Trinajstić information content (AvgIpc) is 3.13. The quantitative estimate of drug-likeness (QED) is 0.415. The van der Waals surface area contributed by atoms with E-state index in [1.165, 1.54) is 13.2 Å². The summed E-state index contributed by atoms with van der Waals surface area (Å²) in [6.07, 6.45) is -1.54. The minimum atomic E-state index is -1.35. The summed E-state index contributed by atoms with van der Waals surface area (Å²) in [5.74, 6) is -0.506. The summed E-state index contributed by atoms with van der Waals surface area (Å²) in [7, 11) is 1.45. The van der Waals surface area contributed by atoms with Crippen molar-refractivity contribution in [3.05, 3.63) is 57.9 Å². The molecule has 4 rings (SSSR count). The van der Waals surface area contributed by atoms with E-state index in [1.54, 1.807) is 26.0 Å². The third-order valence-corrected chi connectivity index (χ3v) is 5.86. The lowest BCUT2D eigenvalue weighted by molar-refractivity contribution is -0.0882. The lowest BCUT2D eigenvalue weighted by atomic mass is 9.89. The average molecular weight is 453 g/mol. The number of aliphatic hydroxyl groups is 1. The molecule has 0 aliphatic carbocycles. The zero-order chi connectivity index (χ0) is 24.1. The van der Waals surface area contributed by atoms with Crippen molar-refractivity contribution in [2.24, 2.45) is 5.92 Å². The fourth-order valence-corrected chi connectivity index (χ4v) is 4.44. The number of ether oxygens (including phenoxy) is 2. The van der Waals surface area contributed by atoms with Gasteiger partial charge in [0.15, 0.2) is 17.5 Å². The largest absolute Gasteiger partial charge is 0.506 e. The topological polar surface area (TPSA) is 106 Å². The van der Waals surface area contributed by atoms with Crippen molar-refractivity contribution in [2.45, 2.75) is 51.9 Å². The molecule has 0 saturated carbocycles. The summed E-state index contributed by atoms with van der Waals surface area (Å²) < 4.78 is 17.3. The van der Waals surface area contributed by atoms with Crippen molar-refractivity contribution in [1.82, 2.24) is 0 Å². The van der Waals surface area contributed by atoms with E-state index in [9.17, 15) is 19.8 Å². The van der Waals surface area contributed by atoms with Crippen molar-refractivity contribution in [3.63, 3.8) is 0 Å². The normalized spacial score (nSPS) is 17.9. The van der Waals surface area contributed by atoms with Gasteiger partial charge in [-0.2, -0.15) is 0 Å². The highest BCUT2D eigenvalue weighted by Gasteiger charge is 2.48. The molecule has 0 amide bonds. The molecule has 1 aromatic heterocycles. The van der Waals surface area contributed by atoms with Gasteiger partial charge in [0.2, 0.25) is 0 Å². The number of aromatic hydroxyl groups is 1. The standard InChI is InChI=1S/C26H28O7/c1-13(2)11-16(27)19-21(29)18-15(14-9-7-6-8-10-14)12-17(28)32-22(18)20-23(19)33-25(24(20)31-5)26(3,4)30/h6-10,12-13,24-25,29-30H,11H2,1-5H3. The first kappa shape index (κ1) is 23.0. The second-order valence-electron chi connectivity index (χ2n) is 9.39. The summed E-state index contributed by atoms with van der Waals surface area (Å²) in [4.78, 5) is 25.9. The van der Waals surface area contributed by atoms with Crippen LogP contribution >= 0.6 is 0 Å². The van der Waals surface area contributed by atoms with Crippen LogP contribution in [0.5, 0.6) is 11.5 Å². The van der Waals surface area contributed by atoms with Crippen LogP contribution in [0.1, 0.15) is 56.1 Å². The zero-order valence-corrected chi connectivity index (χ0v) is 19.3. The van der Waals surface area contributed by atoms with Crippen molar-refractivity contribution >= 4 is 16.8 Å². The highest BCUT2D eigenvalue weighted by atomic mass is 16.6. The second-order valence-corrected chi connectivity index (χ2v) is 9.39. The summed E-state index contributed by atoms with van der Waals surface area (Å²) >= 11 is 0. The zero-order valence-electron chi connectivity index (χ0n) is 19.3. The van der Waals surface area contributed by atoms with Crippen LogP contribution in [-0.2, 0) is 4.74 Å². The van der Waals surface area contributed by atoms with Crippen molar-refractivity contribution in [2.75, 3.05) is 7.11 Å². The van der Waals surface area contributed by atoms with Crippen LogP contribution in [-0.4, -0.2) is 34.8 Å². The Kier molecular flexibility index (Phi) is 5.80. The van der Waals surface area contributed by atoms with Gasteiger partial charge in [-0.05, 0) is 25.3 Å². The van der Waals surface area contributed by atoms with Gasteiger partial charge in [-0.1, -0.05) is 44.2 Å². The van der Waals surface area contributed by atoms with Gasteiger partial charge in [-0.3, -0.25) is 4.79 Å². The molecule has 0 spiro atoms. The van der Waals surface area contributed by atoms with E-state index in [2.05, 4.69) is 0 Å². The van der Waals surface area contributed by atoms with Crippen LogP contribution in [0, 0.1) is 5.92 Å². The van der Waals surface area contributed by atoms with Gasteiger partial charge in [-0.15, -0.1) is 0 Å². The molecule has 174 valence electrons. The van der Waals surface area contributed by atoms with Crippen LogP contribution in [0.2, 0.25) is 0 Å². The van der Waals surface area contributed by atoms with E-state index in [-0.39, 0.29) is 46.2 Å². The van der Waals surface area contributed by atoms with Crippen molar-refractivity contribution < 1.29 is 28.9 Å². The van der Waals surface area contributed by atoms with Crippen LogP contribution in [0.25, 0.3) is 22.1 Å². The number of benzene rings is 2. The van der Waals surface area contributed by atoms with E-state index in [0.717, 1.165) is 0 Å². The minimum Gasteiger partial charge on any atom is -0.506 e. The highest BCUT2D eigenvalue weighted by Crippen LogP contribution is 2.53. The summed E-state index contributed by atoms with van der Waals surface area (Å²) in [5, 5.41) is 22.4. The Hall–Kier alpha value is -3.16. The van der Waals surface area contributed by atoms with Gasteiger partial charge in [0.25, 0.3) is 0 Å². The fourth-order valence-electron chi connectivity index (χ4n) is 4.44. The van der Waals surface area contributed by atoms with Gasteiger partial charge in [0.05, 0.1) is 16.6 Å². The maximum absolute atomic E-state index is 13.3. The number of ketones is 1. The maximum Gasteiger partial charge on any atom is 0.336 e. The molecular formula is C26H28O7. The van der Waals surface area contributed by atoms with E-state index in [4.69, 9.17) is 13.9 Å². The van der Waals surface area contributed by atoms with E-state index in [0.29, 0.717) is 16.7 Å². The predicted octanol–water partition coefficient (Wildman–Crippen LogP) is 4.61. The number of phenolic OH excluding ortho intramolecular Hbond substituents is 1. The van der Waals surface area contributed by atoms with Crippen molar-refractivity contribution in [1.29, 1.82) is 0 Å². The Balaban J connectivity index is 2.15. The lowest BCUT2D eigenvalue weighted by Crippen LogP contribution is -2.42. The van der Waals surface area contributed by atoms with E-state index >= 15 is 0 Å². The van der Waals surface area contributed by atoms with Crippen LogP contribution in [0.15, 0.2) is 45.6 Å². The molecule has 3 aromatic rings. The number of hydrogen-bond acceptors (Lipinski definition) is 7. The molecule has 0 saturated heterocycles. The van der Waals surface area contributed by atoms with Crippen LogP contribution < -0.4 is 10.4 Å². The van der Waals surface area contributed by atoms with E-state index < -0.39 is 23.4 Å². The molecule has 2 heterocycles. The number of hydrogen-bond donors (Lipinski definition) is 2. The van der Waals surface area contributed by atoms with Gasteiger partial charge >= 0.3 is 5.63 Å². The molecule has 1 aliphatic heterocycles. The molecule has 2 aromatic carbocycles. The third kappa shape index (κ3) is 3.92. The number of carbonyl (C=O) groups excluding carboxylic acids is 1. The molecule has 2 atom stereocenters. The number of Topliss-reactive ketones (excluding diaryl/α,β-unsaturated/α-hetero) is 1. The van der Waals surface area contributed by atoms with Crippen LogP contribution in [0.3, 0.4) is 0 Å². The number of rotatable bonds is 6. The monoisotopic (exact) mass is 452 g/mol. The third-order valence-electron chi connectivity index (χ3n) is 5.86. The summed E-state index contributed by atoms with van der Waals surface area (Å²) in [6.45, 7) is 6.95. The number of carbonyl (C=O) groups is 1. The first-order valence-corrected chi connectivity index (χ1v) is 10.9. The van der Waals surface area contributed by atoms with Gasteiger partial charge in [0, 0.05) is 25.2 Å². The Bertz CT molecular complexity index is 1270. The molecule has 1 aliphatic rings. The van der Waals surface area contributed by atoms with Crippen molar-refractivity contribution in [3.8, 4) is 22.6 Å². The predicted molar refractivity (Wildman–Crippen MR) is 124 cm³/mol. The minimum absolute atomic E-state index is 0.00558. The molecule has 0 radical (unpaired) electrons. The first-order chi connectivity index (χ1) is 15.5. The SMILES string of the molecule is COC1c2c(c(C(=O)CC(C)C)c(O)c3c(-c4ccccc4)cc(=O)oc23)OC1C(C)(C)O.